The molecule has 0 aliphatic carbocycles. The number of halogens is 1. The van der Waals surface area contributed by atoms with E-state index in [1.807, 2.05) is 24.3 Å². The van der Waals surface area contributed by atoms with Gasteiger partial charge in [0.15, 0.2) is 0 Å². The third kappa shape index (κ3) is 9.40. The van der Waals surface area contributed by atoms with Crippen LogP contribution in [0.5, 0.6) is 0 Å². The summed E-state index contributed by atoms with van der Waals surface area (Å²) >= 11 is 2.21. The number of hydrogen-bond acceptors (Lipinski definition) is 3. The number of hydrazone groups is 1. The zero-order chi connectivity index (χ0) is 16.3. The van der Waals surface area contributed by atoms with Gasteiger partial charge in [0.1, 0.15) is 0 Å². The van der Waals surface area contributed by atoms with Crippen molar-refractivity contribution in [1.29, 1.82) is 0 Å². The van der Waals surface area contributed by atoms with Crippen LogP contribution in [0.2, 0.25) is 0 Å². The Labute approximate surface area is 148 Å². The smallest absolute Gasteiger partial charge is 0.205 e. The normalized spacial score (nSPS) is 11.9. The molecule has 0 unspecified atom stereocenters. The van der Waals surface area contributed by atoms with Gasteiger partial charge in [-0.25, -0.2) is 13.2 Å². The lowest BCUT2D eigenvalue weighted by molar-refractivity contribution is 0.570. The second kappa shape index (κ2) is 11.0. The van der Waals surface area contributed by atoms with Crippen LogP contribution in [0, 0.1) is 3.57 Å². The van der Waals surface area contributed by atoms with E-state index in [9.17, 15) is 8.42 Å². The highest BCUT2D eigenvalue weighted by atomic mass is 127. The van der Waals surface area contributed by atoms with Gasteiger partial charge in [0, 0.05) is 3.57 Å². The summed E-state index contributed by atoms with van der Waals surface area (Å²) in [5.41, 5.74) is 0.880. The maximum Gasteiger partial charge on any atom is 0.247 e. The van der Waals surface area contributed by atoms with Crippen LogP contribution < -0.4 is 4.83 Å². The first-order valence-corrected chi connectivity index (χ1v) is 10.5. The Bertz CT molecular complexity index is 559. The predicted molar refractivity (Wildman–Crippen MR) is 102 cm³/mol. The lowest BCUT2D eigenvalue weighted by Gasteiger charge is -2.03. The maximum atomic E-state index is 11.8. The van der Waals surface area contributed by atoms with Gasteiger partial charge < -0.3 is 0 Å². The van der Waals surface area contributed by atoms with Crippen LogP contribution in [0.4, 0.5) is 0 Å². The molecule has 0 fully saturated rings. The highest BCUT2D eigenvalue weighted by Gasteiger charge is 2.07. The van der Waals surface area contributed by atoms with Crippen molar-refractivity contribution in [3.63, 3.8) is 0 Å². The van der Waals surface area contributed by atoms with Crippen molar-refractivity contribution in [2.24, 2.45) is 5.10 Å². The summed E-state index contributed by atoms with van der Waals surface area (Å²) in [5.74, 6) is 0.143. The van der Waals surface area contributed by atoms with Crippen LogP contribution in [0.3, 0.4) is 0 Å². The lowest BCUT2D eigenvalue weighted by Crippen LogP contribution is -2.21. The number of nitrogens with one attached hydrogen (secondary N) is 1. The van der Waals surface area contributed by atoms with E-state index in [-0.39, 0.29) is 5.75 Å². The molecular weight excluding hydrogens is 411 g/mol. The van der Waals surface area contributed by atoms with Crippen LogP contribution in [0.1, 0.15) is 57.4 Å². The number of unbranched alkanes of at least 4 members (excludes halogenated alkanes) is 6. The quantitative estimate of drug-likeness (QED) is 0.244. The van der Waals surface area contributed by atoms with Gasteiger partial charge in [-0.2, -0.15) is 5.10 Å². The molecule has 22 heavy (non-hydrogen) atoms. The van der Waals surface area contributed by atoms with E-state index in [1.54, 1.807) is 0 Å². The fourth-order valence-corrected chi connectivity index (χ4v) is 3.52. The van der Waals surface area contributed by atoms with E-state index in [0.29, 0.717) is 6.42 Å². The molecule has 1 N–H and O–H groups in total. The van der Waals surface area contributed by atoms with Crippen molar-refractivity contribution in [3.8, 4) is 0 Å². The standard InChI is InChI=1S/C16H25IN2O2S/c1-2-3-4-5-6-7-8-12-22(20,21)19-18-14-15-10-9-11-16(17)13-15/h9-11,13-14,19H,2-8,12H2,1H3. The van der Waals surface area contributed by atoms with Gasteiger partial charge in [0.25, 0.3) is 0 Å². The van der Waals surface area contributed by atoms with Gasteiger partial charge in [-0.15, -0.1) is 0 Å². The molecular formula is C16H25IN2O2S. The predicted octanol–water partition coefficient (Wildman–Crippen LogP) is 4.30. The summed E-state index contributed by atoms with van der Waals surface area (Å²) in [4.78, 5) is 2.28. The van der Waals surface area contributed by atoms with Crippen molar-refractivity contribution >= 4 is 38.8 Å². The van der Waals surface area contributed by atoms with Gasteiger partial charge in [-0.05, 0) is 46.7 Å². The molecule has 0 amide bonds. The van der Waals surface area contributed by atoms with E-state index < -0.39 is 10.0 Å². The largest absolute Gasteiger partial charge is 0.247 e. The first-order valence-electron chi connectivity index (χ1n) is 7.81. The van der Waals surface area contributed by atoms with Crippen molar-refractivity contribution in [2.45, 2.75) is 51.9 Å². The first kappa shape index (κ1) is 19.4. The van der Waals surface area contributed by atoms with Crippen LogP contribution in [-0.2, 0) is 10.0 Å². The second-order valence-electron chi connectivity index (χ2n) is 5.34. The molecule has 0 aromatic heterocycles. The minimum atomic E-state index is -3.31. The van der Waals surface area contributed by atoms with Crippen molar-refractivity contribution < 1.29 is 8.42 Å². The molecule has 0 spiro atoms. The topological polar surface area (TPSA) is 58.5 Å². The highest BCUT2D eigenvalue weighted by Crippen LogP contribution is 2.08. The molecule has 0 aliphatic heterocycles. The molecule has 1 rings (SSSR count). The molecule has 1 aromatic carbocycles. The molecule has 0 radical (unpaired) electrons. The van der Waals surface area contributed by atoms with Crippen LogP contribution in [0.25, 0.3) is 0 Å². The maximum absolute atomic E-state index is 11.8. The van der Waals surface area contributed by atoms with Crippen molar-refractivity contribution in [3.05, 3.63) is 33.4 Å². The van der Waals surface area contributed by atoms with Gasteiger partial charge >= 0.3 is 0 Å². The molecule has 1 aromatic rings. The molecule has 6 heteroatoms. The van der Waals surface area contributed by atoms with Gasteiger partial charge in [-0.3, -0.25) is 0 Å². The Morgan fingerprint density at radius 3 is 2.50 bits per heavy atom. The molecule has 0 bridgehead atoms. The van der Waals surface area contributed by atoms with Gasteiger partial charge in [0.2, 0.25) is 10.0 Å². The first-order chi connectivity index (χ1) is 10.5. The van der Waals surface area contributed by atoms with Crippen molar-refractivity contribution in [1.82, 2.24) is 4.83 Å². The van der Waals surface area contributed by atoms with Gasteiger partial charge in [-0.1, -0.05) is 57.6 Å². The Kier molecular flexibility index (Phi) is 9.70. The summed E-state index contributed by atoms with van der Waals surface area (Å²) < 4.78 is 24.7. The average molecular weight is 436 g/mol. The summed E-state index contributed by atoms with van der Waals surface area (Å²) in [7, 11) is -3.31. The van der Waals surface area contributed by atoms with E-state index in [1.165, 1.54) is 31.9 Å². The average Bonchev–Trinajstić information content (AvgIpc) is 2.46. The van der Waals surface area contributed by atoms with E-state index in [2.05, 4.69) is 39.4 Å². The van der Waals surface area contributed by atoms with Crippen LogP contribution in [-0.4, -0.2) is 20.4 Å². The molecule has 124 valence electrons. The van der Waals surface area contributed by atoms with Gasteiger partial charge in [0.05, 0.1) is 12.0 Å². The molecule has 0 heterocycles. The molecule has 0 saturated heterocycles. The summed E-state index contributed by atoms with van der Waals surface area (Å²) in [6.07, 6.45) is 9.26. The number of benzene rings is 1. The highest BCUT2D eigenvalue weighted by molar-refractivity contribution is 14.1. The molecule has 0 aliphatic rings. The number of sulfonamides is 1. The monoisotopic (exact) mass is 436 g/mol. The zero-order valence-corrected chi connectivity index (χ0v) is 16.1. The Morgan fingerprint density at radius 1 is 1.14 bits per heavy atom. The summed E-state index contributed by atoms with van der Waals surface area (Å²) in [5, 5.41) is 3.83. The molecule has 0 saturated carbocycles. The summed E-state index contributed by atoms with van der Waals surface area (Å²) in [6, 6.07) is 7.71. The Morgan fingerprint density at radius 2 is 1.82 bits per heavy atom. The summed E-state index contributed by atoms with van der Waals surface area (Å²) in [6.45, 7) is 2.19. The van der Waals surface area contributed by atoms with E-state index in [0.717, 1.165) is 22.0 Å². The SMILES string of the molecule is CCCCCCCCCS(=O)(=O)NN=Cc1cccc(I)c1. The number of rotatable bonds is 11. The minimum absolute atomic E-state index is 0.143. The number of nitrogens with zero attached hydrogens (tertiary/aromatic N) is 1. The zero-order valence-electron chi connectivity index (χ0n) is 13.1. The molecule has 4 nitrogen and oxygen atoms in total. The third-order valence-corrected chi connectivity index (χ3v) is 5.15. The van der Waals surface area contributed by atoms with Crippen LogP contribution >= 0.6 is 22.6 Å². The van der Waals surface area contributed by atoms with E-state index >= 15 is 0 Å². The number of hydrogen-bond donors (Lipinski definition) is 1. The van der Waals surface area contributed by atoms with Crippen molar-refractivity contribution in [2.75, 3.05) is 5.75 Å². The minimum Gasteiger partial charge on any atom is -0.205 e. The lowest BCUT2D eigenvalue weighted by atomic mass is 10.1. The second-order valence-corrected chi connectivity index (χ2v) is 8.41. The fraction of sp³-hybridized carbons (Fsp3) is 0.562. The van der Waals surface area contributed by atoms with E-state index in [4.69, 9.17) is 0 Å². The fourth-order valence-electron chi connectivity index (χ4n) is 2.06. The third-order valence-electron chi connectivity index (χ3n) is 3.27. The Balaban J connectivity index is 2.23. The van der Waals surface area contributed by atoms with Crippen LogP contribution in [0.15, 0.2) is 29.4 Å². The molecule has 0 atom stereocenters. The Hall–Kier alpha value is -0.630.